The van der Waals surface area contributed by atoms with Gasteiger partial charge < -0.3 is 5.32 Å². The Bertz CT molecular complexity index is 1120. The molecule has 132 valence electrons. The number of carbonyl (C=O) groups is 1. The van der Waals surface area contributed by atoms with Crippen molar-refractivity contribution in [1.82, 2.24) is 20.2 Å². The van der Waals surface area contributed by atoms with Gasteiger partial charge in [-0.25, -0.2) is 4.98 Å². The van der Waals surface area contributed by atoms with Crippen molar-refractivity contribution in [2.75, 3.05) is 5.32 Å². The van der Waals surface area contributed by atoms with E-state index in [4.69, 9.17) is 0 Å². The Labute approximate surface area is 155 Å². The fraction of sp³-hybridized carbons (Fsp3) is 0.143. The van der Waals surface area contributed by atoms with Crippen LogP contribution < -0.4 is 5.32 Å². The fourth-order valence-electron chi connectivity index (χ4n) is 3.14. The second-order valence-electron chi connectivity index (χ2n) is 6.73. The lowest BCUT2D eigenvalue weighted by Crippen LogP contribution is -2.14. The predicted molar refractivity (Wildman–Crippen MR) is 103 cm³/mol. The van der Waals surface area contributed by atoms with Gasteiger partial charge in [-0.05, 0) is 48.6 Å². The molecule has 2 heterocycles. The van der Waals surface area contributed by atoms with Gasteiger partial charge >= 0.3 is 0 Å². The van der Waals surface area contributed by atoms with Gasteiger partial charge in [-0.2, -0.15) is 5.10 Å². The summed E-state index contributed by atoms with van der Waals surface area (Å²) in [6.45, 7) is 0. The summed E-state index contributed by atoms with van der Waals surface area (Å²) in [4.78, 5) is 21.5. The van der Waals surface area contributed by atoms with Crippen molar-refractivity contribution in [2.45, 2.75) is 18.8 Å². The Kier molecular flexibility index (Phi) is 3.67. The van der Waals surface area contributed by atoms with Crippen molar-refractivity contribution < 1.29 is 4.79 Å². The average molecular weight is 355 g/mol. The van der Waals surface area contributed by atoms with Gasteiger partial charge in [0, 0.05) is 28.8 Å². The lowest BCUT2D eigenvalue weighted by molar-refractivity contribution is 0.102. The van der Waals surface area contributed by atoms with Gasteiger partial charge in [0.05, 0.1) is 0 Å². The molecular weight excluding hydrogens is 338 g/mol. The summed E-state index contributed by atoms with van der Waals surface area (Å²) in [6, 6.07) is 17.1. The number of carbonyl (C=O) groups excluding carboxylic acids is 1. The van der Waals surface area contributed by atoms with Crippen molar-refractivity contribution >= 4 is 22.4 Å². The SMILES string of the molecule is O=C(Nc1ccc(-c2n[nH]c(C3CC3)n2)cc1)c1nccc2ccccc12. The number of nitrogens with zero attached hydrogens (tertiary/aromatic N) is 3. The quantitative estimate of drug-likeness (QED) is 0.576. The summed E-state index contributed by atoms with van der Waals surface area (Å²) in [5.41, 5.74) is 2.04. The molecule has 2 aromatic heterocycles. The number of rotatable bonds is 4. The molecule has 0 atom stereocenters. The molecule has 6 heteroatoms. The number of hydrogen-bond acceptors (Lipinski definition) is 4. The van der Waals surface area contributed by atoms with Crippen LogP contribution in [0.15, 0.2) is 60.8 Å². The third-order valence-electron chi connectivity index (χ3n) is 4.76. The van der Waals surface area contributed by atoms with E-state index < -0.39 is 0 Å². The zero-order chi connectivity index (χ0) is 18.2. The van der Waals surface area contributed by atoms with Gasteiger partial charge in [0.2, 0.25) is 0 Å². The number of amides is 1. The fourth-order valence-corrected chi connectivity index (χ4v) is 3.14. The molecule has 27 heavy (non-hydrogen) atoms. The van der Waals surface area contributed by atoms with Crippen LogP contribution in [-0.4, -0.2) is 26.1 Å². The number of pyridine rings is 1. The Hall–Kier alpha value is -3.54. The highest BCUT2D eigenvalue weighted by atomic mass is 16.1. The van der Waals surface area contributed by atoms with Gasteiger partial charge in [-0.1, -0.05) is 24.3 Å². The van der Waals surface area contributed by atoms with E-state index in [1.807, 2.05) is 54.6 Å². The van der Waals surface area contributed by atoms with E-state index in [1.54, 1.807) is 6.20 Å². The Balaban J connectivity index is 1.36. The number of anilines is 1. The highest BCUT2D eigenvalue weighted by Gasteiger charge is 2.27. The number of hydrogen-bond donors (Lipinski definition) is 2. The lowest BCUT2D eigenvalue weighted by Gasteiger charge is -2.07. The normalized spacial score (nSPS) is 13.6. The summed E-state index contributed by atoms with van der Waals surface area (Å²) in [5.74, 6) is 1.96. The second kappa shape index (κ2) is 6.32. The molecule has 1 saturated carbocycles. The minimum Gasteiger partial charge on any atom is -0.321 e. The predicted octanol–water partition coefficient (Wildman–Crippen LogP) is 4.15. The molecule has 0 radical (unpaired) electrons. The molecule has 1 fully saturated rings. The molecule has 2 N–H and O–H groups in total. The molecule has 5 rings (SSSR count). The third-order valence-corrected chi connectivity index (χ3v) is 4.76. The lowest BCUT2D eigenvalue weighted by atomic mass is 10.1. The van der Waals surface area contributed by atoms with Crippen LogP contribution in [0.25, 0.3) is 22.2 Å². The van der Waals surface area contributed by atoms with Gasteiger partial charge in [-0.3, -0.25) is 14.9 Å². The maximum absolute atomic E-state index is 12.7. The summed E-state index contributed by atoms with van der Waals surface area (Å²) < 4.78 is 0. The first-order valence-electron chi connectivity index (χ1n) is 8.96. The molecule has 1 aliphatic carbocycles. The van der Waals surface area contributed by atoms with Crippen LogP contribution in [0.5, 0.6) is 0 Å². The maximum atomic E-state index is 12.7. The number of nitrogens with one attached hydrogen (secondary N) is 2. The number of H-pyrrole nitrogens is 1. The van der Waals surface area contributed by atoms with Gasteiger partial charge in [0.25, 0.3) is 5.91 Å². The number of fused-ring (bicyclic) bond motifs is 1. The van der Waals surface area contributed by atoms with Crippen LogP contribution in [0.2, 0.25) is 0 Å². The van der Waals surface area contributed by atoms with Crippen molar-refractivity contribution in [3.8, 4) is 11.4 Å². The van der Waals surface area contributed by atoms with E-state index in [9.17, 15) is 4.79 Å². The number of aromatic nitrogens is 4. The standard InChI is InChI=1S/C21H17N5O/c27-21(18-17-4-2-1-3-13(17)11-12-22-18)23-16-9-7-15(8-10-16)20-24-19(25-26-20)14-5-6-14/h1-4,7-12,14H,5-6H2,(H,23,27)(H,24,25,26). The van der Waals surface area contributed by atoms with Crippen LogP contribution in [0.3, 0.4) is 0 Å². The minimum atomic E-state index is -0.228. The topological polar surface area (TPSA) is 83.6 Å². The average Bonchev–Trinajstić information content (AvgIpc) is 3.45. The van der Waals surface area contributed by atoms with E-state index in [-0.39, 0.29) is 5.91 Å². The molecule has 0 spiro atoms. The van der Waals surface area contributed by atoms with E-state index in [0.717, 1.165) is 22.2 Å². The monoisotopic (exact) mass is 355 g/mol. The van der Waals surface area contributed by atoms with Gasteiger partial charge in [-0.15, -0.1) is 0 Å². The van der Waals surface area contributed by atoms with Crippen LogP contribution in [0.4, 0.5) is 5.69 Å². The first-order valence-corrected chi connectivity index (χ1v) is 8.96. The molecule has 2 aromatic carbocycles. The van der Waals surface area contributed by atoms with E-state index in [1.165, 1.54) is 12.8 Å². The molecule has 1 aliphatic rings. The van der Waals surface area contributed by atoms with Crippen LogP contribution >= 0.6 is 0 Å². The van der Waals surface area contributed by atoms with Crippen molar-refractivity contribution in [3.05, 3.63) is 72.3 Å². The molecule has 0 saturated heterocycles. The van der Waals surface area contributed by atoms with E-state index in [2.05, 4.69) is 25.5 Å². The maximum Gasteiger partial charge on any atom is 0.274 e. The smallest absolute Gasteiger partial charge is 0.274 e. The largest absolute Gasteiger partial charge is 0.321 e. The third kappa shape index (κ3) is 3.06. The van der Waals surface area contributed by atoms with Gasteiger partial charge in [0.1, 0.15) is 11.5 Å². The highest BCUT2D eigenvalue weighted by Crippen LogP contribution is 2.38. The Morgan fingerprint density at radius 3 is 2.67 bits per heavy atom. The second-order valence-corrected chi connectivity index (χ2v) is 6.73. The summed E-state index contributed by atoms with van der Waals surface area (Å²) in [5, 5.41) is 12.0. The number of benzene rings is 2. The van der Waals surface area contributed by atoms with Crippen LogP contribution in [-0.2, 0) is 0 Å². The van der Waals surface area contributed by atoms with Crippen LogP contribution in [0.1, 0.15) is 35.1 Å². The summed E-state index contributed by atoms with van der Waals surface area (Å²) in [7, 11) is 0. The van der Waals surface area contributed by atoms with Crippen LogP contribution in [0, 0.1) is 0 Å². The highest BCUT2D eigenvalue weighted by molar-refractivity contribution is 6.11. The molecule has 4 aromatic rings. The summed E-state index contributed by atoms with van der Waals surface area (Å²) in [6.07, 6.45) is 4.02. The Morgan fingerprint density at radius 2 is 1.85 bits per heavy atom. The van der Waals surface area contributed by atoms with Crippen molar-refractivity contribution in [1.29, 1.82) is 0 Å². The minimum absolute atomic E-state index is 0.228. The van der Waals surface area contributed by atoms with E-state index in [0.29, 0.717) is 23.1 Å². The van der Waals surface area contributed by atoms with Crippen molar-refractivity contribution in [3.63, 3.8) is 0 Å². The molecule has 0 bridgehead atoms. The zero-order valence-electron chi connectivity index (χ0n) is 14.5. The molecule has 0 aliphatic heterocycles. The molecule has 6 nitrogen and oxygen atoms in total. The first-order chi connectivity index (χ1) is 13.3. The molecule has 0 unspecified atom stereocenters. The Morgan fingerprint density at radius 1 is 1.04 bits per heavy atom. The van der Waals surface area contributed by atoms with Crippen molar-refractivity contribution in [2.24, 2.45) is 0 Å². The van der Waals surface area contributed by atoms with Gasteiger partial charge in [0.15, 0.2) is 5.82 Å². The first kappa shape index (κ1) is 15.7. The number of aromatic amines is 1. The molecule has 1 amide bonds. The summed E-state index contributed by atoms with van der Waals surface area (Å²) >= 11 is 0. The molecular formula is C21H17N5O. The zero-order valence-corrected chi connectivity index (χ0v) is 14.5. The van der Waals surface area contributed by atoms with E-state index >= 15 is 0 Å².